The normalized spacial score (nSPS) is 21.9. The lowest BCUT2D eigenvalue weighted by Gasteiger charge is -2.43. The summed E-state index contributed by atoms with van der Waals surface area (Å²) in [6.45, 7) is 5.52. The molecule has 0 bridgehead atoms. The van der Waals surface area contributed by atoms with Gasteiger partial charge >= 0.3 is 0 Å². The summed E-state index contributed by atoms with van der Waals surface area (Å²) in [4.78, 5) is 0. The summed E-state index contributed by atoms with van der Waals surface area (Å²) in [6, 6.07) is 0.558. The van der Waals surface area contributed by atoms with Crippen LogP contribution in [0.4, 0.5) is 0 Å². The van der Waals surface area contributed by atoms with Crippen molar-refractivity contribution in [1.29, 1.82) is 0 Å². The Bertz CT molecular complexity index is 176. The van der Waals surface area contributed by atoms with Gasteiger partial charge in [0.1, 0.15) is 0 Å². The molecule has 1 atom stereocenters. The maximum absolute atomic E-state index is 5.93. The Morgan fingerprint density at radius 1 is 1.19 bits per heavy atom. The lowest BCUT2D eigenvalue weighted by molar-refractivity contribution is -0.0693. The van der Waals surface area contributed by atoms with Crippen LogP contribution >= 0.6 is 0 Å². The van der Waals surface area contributed by atoms with Crippen LogP contribution in [0.5, 0.6) is 0 Å². The Morgan fingerprint density at radius 2 is 1.88 bits per heavy atom. The molecule has 1 fully saturated rings. The molecular formula is C14H29NO. The van der Waals surface area contributed by atoms with Gasteiger partial charge in [-0.3, -0.25) is 0 Å². The largest absolute Gasteiger partial charge is 0.377 e. The van der Waals surface area contributed by atoms with E-state index in [4.69, 9.17) is 4.74 Å². The molecule has 96 valence electrons. The molecular weight excluding hydrogens is 198 g/mol. The van der Waals surface area contributed by atoms with Gasteiger partial charge in [0.15, 0.2) is 0 Å². The highest BCUT2D eigenvalue weighted by Gasteiger charge is 2.38. The number of hydrogen-bond acceptors (Lipinski definition) is 2. The molecule has 0 radical (unpaired) electrons. The van der Waals surface area contributed by atoms with Gasteiger partial charge in [0.2, 0.25) is 0 Å². The van der Waals surface area contributed by atoms with Crippen molar-refractivity contribution in [2.75, 3.05) is 13.7 Å². The van der Waals surface area contributed by atoms with E-state index in [0.717, 1.165) is 6.54 Å². The number of rotatable bonds is 7. The zero-order valence-corrected chi connectivity index (χ0v) is 11.3. The van der Waals surface area contributed by atoms with Crippen molar-refractivity contribution < 1.29 is 4.74 Å². The molecule has 1 aliphatic carbocycles. The van der Waals surface area contributed by atoms with Gasteiger partial charge in [-0.1, -0.05) is 46.0 Å². The highest BCUT2D eigenvalue weighted by Crippen LogP contribution is 2.35. The predicted octanol–water partition coefficient (Wildman–Crippen LogP) is 3.50. The maximum atomic E-state index is 5.93. The predicted molar refractivity (Wildman–Crippen MR) is 69.8 cm³/mol. The second kappa shape index (κ2) is 7.29. The highest BCUT2D eigenvalue weighted by molar-refractivity contribution is 4.95. The van der Waals surface area contributed by atoms with Crippen LogP contribution in [0.1, 0.15) is 65.2 Å². The number of hydrogen-bond donors (Lipinski definition) is 1. The second-order valence-electron chi connectivity index (χ2n) is 5.08. The molecule has 1 rings (SSSR count). The van der Waals surface area contributed by atoms with E-state index in [2.05, 4.69) is 19.2 Å². The van der Waals surface area contributed by atoms with Crippen molar-refractivity contribution in [1.82, 2.24) is 5.32 Å². The van der Waals surface area contributed by atoms with Gasteiger partial charge in [0, 0.05) is 13.2 Å². The van der Waals surface area contributed by atoms with Gasteiger partial charge in [-0.25, -0.2) is 0 Å². The summed E-state index contributed by atoms with van der Waals surface area (Å²) in [7, 11) is 1.90. The molecule has 0 saturated heterocycles. The molecule has 16 heavy (non-hydrogen) atoms. The minimum Gasteiger partial charge on any atom is -0.377 e. The first kappa shape index (κ1) is 14.0. The molecule has 0 aliphatic heterocycles. The molecule has 1 saturated carbocycles. The highest BCUT2D eigenvalue weighted by atomic mass is 16.5. The summed E-state index contributed by atoms with van der Waals surface area (Å²) < 4.78 is 5.93. The number of nitrogens with one attached hydrogen (secondary N) is 1. The fourth-order valence-electron chi connectivity index (χ4n) is 3.05. The molecule has 0 aromatic rings. The van der Waals surface area contributed by atoms with Crippen molar-refractivity contribution >= 4 is 0 Å². The van der Waals surface area contributed by atoms with Crippen LogP contribution in [0, 0.1) is 0 Å². The van der Waals surface area contributed by atoms with Crippen molar-refractivity contribution in [2.24, 2.45) is 0 Å². The first-order chi connectivity index (χ1) is 7.79. The second-order valence-corrected chi connectivity index (χ2v) is 5.08. The number of ether oxygens (including phenoxy) is 1. The van der Waals surface area contributed by atoms with Gasteiger partial charge in [-0.15, -0.1) is 0 Å². The number of methoxy groups -OCH3 is 1. The topological polar surface area (TPSA) is 21.3 Å². The molecule has 0 amide bonds. The zero-order chi connectivity index (χ0) is 11.9. The van der Waals surface area contributed by atoms with Gasteiger partial charge in [0.25, 0.3) is 0 Å². The first-order valence-corrected chi connectivity index (χ1v) is 7.07. The summed E-state index contributed by atoms with van der Waals surface area (Å²) in [5.41, 5.74) is 0.128. The molecule has 1 unspecified atom stereocenters. The Hall–Kier alpha value is -0.0800. The maximum Gasteiger partial charge on any atom is 0.0830 e. The van der Waals surface area contributed by atoms with Crippen LogP contribution in [-0.4, -0.2) is 25.3 Å². The van der Waals surface area contributed by atoms with E-state index in [0.29, 0.717) is 6.04 Å². The first-order valence-electron chi connectivity index (χ1n) is 7.07. The molecule has 1 aliphatic rings. The van der Waals surface area contributed by atoms with Gasteiger partial charge < -0.3 is 10.1 Å². The third kappa shape index (κ3) is 3.46. The quantitative estimate of drug-likeness (QED) is 0.718. The third-order valence-electron chi connectivity index (χ3n) is 4.04. The average Bonchev–Trinajstić information content (AvgIpc) is 2.35. The van der Waals surface area contributed by atoms with E-state index >= 15 is 0 Å². The lowest BCUT2D eigenvalue weighted by atomic mass is 9.77. The zero-order valence-electron chi connectivity index (χ0n) is 11.3. The monoisotopic (exact) mass is 227 g/mol. The van der Waals surface area contributed by atoms with Gasteiger partial charge in [0.05, 0.1) is 5.60 Å². The fourth-order valence-corrected chi connectivity index (χ4v) is 3.05. The van der Waals surface area contributed by atoms with Crippen LogP contribution in [0.3, 0.4) is 0 Å². The summed E-state index contributed by atoms with van der Waals surface area (Å²) in [5.74, 6) is 0. The molecule has 2 nitrogen and oxygen atoms in total. The number of unbranched alkanes of at least 4 members (excludes halogenated alkanes) is 1. The number of likely N-dealkylation sites (N-methyl/N-ethyl adjacent to an activating group) is 1. The van der Waals surface area contributed by atoms with E-state index in [-0.39, 0.29) is 5.60 Å². The molecule has 0 aromatic carbocycles. The standard InChI is InChI=1S/C14H29NO/c1-4-6-10-13(15-5-2)14(16-3)11-8-7-9-12-14/h13,15H,4-12H2,1-3H3. The third-order valence-corrected chi connectivity index (χ3v) is 4.04. The van der Waals surface area contributed by atoms with Crippen LogP contribution in [-0.2, 0) is 4.74 Å². The van der Waals surface area contributed by atoms with Crippen molar-refractivity contribution in [2.45, 2.75) is 76.9 Å². The fraction of sp³-hybridized carbons (Fsp3) is 1.00. The molecule has 0 heterocycles. The smallest absolute Gasteiger partial charge is 0.0830 e. The van der Waals surface area contributed by atoms with E-state index in [1.54, 1.807) is 0 Å². The minimum absolute atomic E-state index is 0.128. The van der Waals surface area contributed by atoms with E-state index in [1.807, 2.05) is 7.11 Å². The van der Waals surface area contributed by atoms with E-state index in [1.165, 1.54) is 51.4 Å². The van der Waals surface area contributed by atoms with Crippen LogP contribution in [0.2, 0.25) is 0 Å². The average molecular weight is 227 g/mol. The van der Waals surface area contributed by atoms with Crippen molar-refractivity contribution in [3.8, 4) is 0 Å². The summed E-state index contributed by atoms with van der Waals surface area (Å²) in [6.07, 6.45) is 10.4. The molecule has 1 N–H and O–H groups in total. The Balaban J connectivity index is 2.62. The van der Waals surface area contributed by atoms with Crippen molar-refractivity contribution in [3.63, 3.8) is 0 Å². The molecule has 0 spiro atoms. The SMILES string of the molecule is CCCCC(NCC)C1(OC)CCCCC1. The van der Waals surface area contributed by atoms with E-state index in [9.17, 15) is 0 Å². The Labute approximate surface area is 101 Å². The Kier molecular flexibility index (Phi) is 6.37. The van der Waals surface area contributed by atoms with Gasteiger partial charge in [-0.2, -0.15) is 0 Å². The summed E-state index contributed by atoms with van der Waals surface area (Å²) >= 11 is 0. The molecule has 2 heteroatoms. The lowest BCUT2D eigenvalue weighted by Crippen LogP contribution is -2.53. The Morgan fingerprint density at radius 3 is 2.38 bits per heavy atom. The van der Waals surface area contributed by atoms with Crippen LogP contribution in [0.15, 0.2) is 0 Å². The van der Waals surface area contributed by atoms with Crippen LogP contribution < -0.4 is 5.32 Å². The molecule has 0 aromatic heterocycles. The van der Waals surface area contributed by atoms with Crippen molar-refractivity contribution in [3.05, 3.63) is 0 Å². The van der Waals surface area contributed by atoms with Gasteiger partial charge in [-0.05, 0) is 25.8 Å². The van der Waals surface area contributed by atoms with Crippen LogP contribution in [0.25, 0.3) is 0 Å². The summed E-state index contributed by atoms with van der Waals surface area (Å²) in [5, 5.41) is 3.65. The van der Waals surface area contributed by atoms with E-state index < -0.39 is 0 Å². The minimum atomic E-state index is 0.128.